The highest BCUT2D eigenvalue weighted by Gasteiger charge is 2.10. The van der Waals surface area contributed by atoms with Gasteiger partial charge in [0.1, 0.15) is 5.82 Å². The maximum atomic E-state index is 13.3. The van der Waals surface area contributed by atoms with Crippen LogP contribution < -0.4 is 5.32 Å². The van der Waals surface area contributed by atoms with E-state index in [1.807, 2.05) is 20.2 Å². The van der Waals surface area contributed by atoms with Crippen LogP contribution in [0.3, 0.4) is 0 Å². The summed E-state index contributed by atoms with van der Waals surface area (Å²) < 4.78 is 15.4. The molecule has 1 N–H and O–H groups in total. The topological polar surface area (TPSA) is 46.9 Å². The number of aryl methyl sites for hydroxylation is 2. The molecule has 0 spiro atoms. The molecular formula is C13H13BrFN3O. The van der Waals surface area contributed by atoms with E-state index >= 15 is 0 Å². The normalized spacial score (nSPS) is 10.5. The van der Waals surface area contributed by atoms with Gasteiger partial charge in [-0.15, -0.1) is 0 Å². The monoisotopic (exact) mass is 325 g/mol. The number of aromatic nitrogens is 2. The zero-order valence-corrected chi connectivity index (χ0v) is 12.2. The largest absolute Gasteiger partial charge is 0.348 e. The van der Waals surface area contributed by atoms with Crippen molar-refractivity contribution in [1.82, 2.24) is 15.1 Å². The molecule has 6 heteroatoms. The van der Waals surface area contributed by atoms with Gasteiger partial charge in [0.15, 0.2) is 0 Å². The summed E-state index contributed by atoms with van der Waals surface area (Å²) in [5, 5.41) is 6.93. The average molecular weight is 326 g/mol. The first-order valence-electron chi connectivity index (χ1n) is 5.69. The zero-order chi connectivity index (χ0) is 14.0. The lowest BCUT2D eigenvalue weighted by Crippen LogP contribution is -2.23. The first-order chi connectivity index (χ1) is 8.97. The Labute approximate surface area is 118 Å². The molecule has 1 aromatic heterocycles. The molecule has 0 bridgehead atoms. The van der Waals surface area contributed by atoms with Crippen molar-refractivity contribution in [3.8, 4) is 0 Å². The van der Waals surface area contributed by atoms with Gasteiger partial charge in [0.05, 0.1) is 10.2 Å². The molecule has 1 aromatic carbocycles. The fourth-order valence-electron chi connectivity index (χ4n) is 1.74. The molecule has 0 saturated heterocycles. The Kier molecular flexibility index (Phi) is 3.99. The van der Waals surface area contributed by atoms with E-state index in [1.165, 1.54) is 12.1 Å². The molecule has 0 atom stereocenters. The van der Waals surface area contributed by atoms with Crippen molar-refractivity contribution in [1.29, 1.82) is 0 Å². The molecule has 100 valence electrons. The van der Waals surface area contributed by atoms with Crippen LogP contribution in [0.15, 0.2) is 28.9 Å². The lowest BCUT2D eigenvalue weighted by molar-refractivity contribution is 0.0950. The van der Waals surface area contributed by atoms with Gasteiger partial charge in [-0.2, -0.15) is 5.10 Å². The number of carbonyl (C=O) groups is 1. The summed E-state index contributed by atoms with van der Waals surface area (Å²) >= 11 is 3.05. The Morgan fingerprint density at radius 1 is 1.53 bits per heavy atom. The summed E-state index contributed by atoms with van der Waals surface area (Å²) in [6, 6.07) is 4.29. The van der Waals surface area contributed by atoms with Crippen molar-refractivity contribution in [3.05, 3.63) is 51.5 Å². The average Bonchev–Trinajstić information content (AvgIpc) is 2.68. The first kappa shape index (κ1) is 13.7. The van der Waals surface area contributed by atoms with E-state index in [9.17, 15) is 9.18 Å². The van der Waals surface area contributed by atoms with Crippen LogP contribution in [0.2, 0.25) is 0 Å². The van der Waals surface area contributed by atoms with E-state index in [-0.39, 0.29) is 5.91 Å². The summed E-state index contributed by atoms with van der Waals surface area (Å²) in [4.78, 5) is 11.9. The SMILES string of the molecule is Cc1nn(C)cc1CNC(=O)c1ccc(Br)c(F)c1. The lowest BCUT2D eigenvalue weighted by atomic mass is 10.2. The minimum atomic E-state index is -0.454. The lowest BCUT2D eigenvalue weighted by Gasteiger charge is -2.05. The quantitative estimate of drug-likeness (QED) is 0.942. The van der Waals surface area contributed by atoms with Crippen LogP contribution in [0.4, 0.5) is 4.39 Å². The molecule has 0 saturated carbocycles. The summed E-state index contributed by atoms with van der Waals surface area (Å²) in [7, 11) is 1.82. The molecule has 2 rings (SSSR count). The number of halogens is 2. The molecule has 0 aliphatic rings. The molecule has 1 heterocycles. The van der Waals surface area contributed by atoms with Gasteiger partial charge in [-0.25, -0.2) is 4.39 Å². The number of amides is 1. The standard InChI is InChI=1S/C13H13BrFN3O/c1-8-10(7-18(2)17-8)6-16-13(19)9-3-4-11(14)12(15)5-9/h3-5,7H,6H2,1-2H3,(H,16,19). The molecule has 0 unspecified atom stereocenters. The van der Waals surface area contributed by atoms with Gasteiger partial charge in [0.2, 0.25) is 0 Å². The van der Waals surface area contributed by atoms with Gasteiger partial charge >= 0.3 is 0 Å². The maximum Gasteiger partial charge on any atom is 0.251 e. The highest BCUT2D eigenvalue weighted by Crippen LogP contribution is 2.16. The Morgan fingerprint density at radius 2 is 2.26 bits per heavy atom. The van der Waals surface area contributed by atoms with Crippen LogP contribution in [-0.4, -0.2) is 15.7 Å². The molecule has 0 aliphatic heterocycles. The molecule has 1 amide bonds. The maximum absolute atomic E-state index is 13.3. The molecule has 0 fully saturated rings. The van der Waals surface area contributed by atoms with E-state index in [0.717, 1.165) is 11.3 Å². The first-order valence-corrected chi connectivity index (χ1v) is 6.49. The molecular weight excluding hydrogens is 313 g/mol. The van der Waals surface area contributed by atoms with Crippen LogP contribution in [0.5, 0.6) is 0 Å². The second-order valence-electron chi connectivity index (χ2n) is 4.22. The van der Waals surface area contributed by atoms with E-state index in [4.69, 9.17) is 0 Å². The molecule has 2 aromatic rings. The van der Waals surface area contributed by atoms with E-state index in [0.29, 0.717) is 16.6 Å². The second-order valence-corrected chi connectivity index (χ2v) is 5.08. The summed E-state index contributed by atoms with van der Waals surface area (Å²) in [6.45, 7) is 2.25. The van der Waals surface area contributed by atoms with Crippen molar-refractivity contribution in [2.75, 3.05) is 0 Å². The highest BCUT2D eigenvalue weighted by molar-refractivity contribution is 9.10. The predicted molar refractivity (Wildman–Crippen MR) is 73.2 cm³/mol. The molecule has 4 nitrogen and oxygen atoms in total. The van der Waals surface area contributed by atoms with E-state index in [2.05, 4.69) is 26.3 Å². The Balaban J connectivity index is 2.05. The minimum Gasteiger partial charge on any atom is -0.348 e. The van der Waals surface area contributed by atoms with E-state index < -0.39 is 5.82 Å². The van der Waals surface area contributed by atoms with Crippen LogP contribution in [0.1, 0.15) is 21.6 Å². The van der Waals surface area contributed by atoms with Gasteiger partial charge in [-0.1, -0.05) is 0 Å². The van der Waals surface area contributed by atoms with Crippen LogP contribution in [-0.2, 0) is 13.6 Å². The van der Waals surface area contributed by atoms with Crippen molar-refractivity contribution in [2.45, 2.75) is 13.5 Å². The highest BCUT2D eigenvalue weighted by atomic mass is 79.9. The Morgan fingerprint density at radius 3 is 2.84 bits per heavy atom. The number of rotatable bonds is 3. The number of hydrogen-bond acceptors (Lipinski definition) is 2. The van der Waals surface area contributed by atoms with Crippen molar-refractivity contribution in [2.24, 2.45) is 7.05 Å². The molecule has 0 aliphatic carbocycles. The fraction of sp³-hybridized carbons (Fsp3) is 0.231. The van der Waals surface area contributed by atoms with Gasteiger partial charge in [-0.3, -0.25) is 9.48 Å². The number of benzene rings is 1. The van der Waals surface area contributed by atoms with Crippen molar-refractivity contribution >= 4 is 21.8 Å². The summed E-state index contributed by atoms with van der Waals surface area (Å²) in [6.07, 6.45) is 1.85. The number of carbonyl (C=O) groups excluding carboxylic acids is 1. The van der Waals surface area contributed by atoms with Gasteiger partial charge in [0, 0.05) is 30.9 Å². The number of hydrogen-bond donors (Lipinski definition) is 1. The smallest absolute Gasteiger partial charge is 0.251 e. The molecule has 19 heavy (non-hydrogen) atoms. The number of nitrogens with zero attached hydrogens (tertiary/aromatic N) is 2. The second kappa shape index (κ2) is 5.52. The third-order valence-corrected chi connectivity index (χ3v) is 3.38. The van der Waals surface area contributed by atoms with Crippen molar-refractivity contribution in [3.63, 3.8) is 0 Å². The Bertz CT molecular complexity index is 624. The van der Waals surface area contributed by atoms with Crippen LogP contribution >= 0.6 is 15.9 Å². The third kappa shape index (κ3) is 3.20. The molecule has 0 radical (unpaired) electrons. The van der Waals surface area contributed by atoms with Gasteiger partial charge in [-0.05, 0) is 41.1 Å². The third-order valence-electron chi connectivity index (χ3n) is 2.74. The summed E-state index contributed by atoms with van der Waals surface area (Å²) in [5.74, 6) is -0.764. The van der Waals surface area contributed by atoms with Crippen LogP contribution in [0.25, 0.3) is 0 Å². The minimum absolute atomic E-state index is 0.294. The summed E-state index contributed by atoms with van der Waals surface area (Å²) in [5.41, 5.74) is 2.10. The van der Waals surface area contributed by atoms with E-state index in [1.54, 1.807) is 10.7 Å². The van der Waals surface area contributed by atoms with Crippen LogP contribution in [0, 0.1) is 12.7 Å². The predicted octanol–water partition coefficient (Wildman–Crippen LogP) is 2.56. The zero-order valence-electron chi connectivity index (χ0n) is 10.6. The Hall–Kier alpha value is -1.69. The fourth-order valence-corrected chi connectivity index (χ4v) is 1.98. The van der Waals surface area contributed by atoms with Gasteiger partial charge in [0.25, 0.3) is 5.91 Å². The van der Waals surface area contributed by atoms with Gasteiger partial charge < -0.3 is 5.32 Å². The van der Waals surface area contributed by atoms with Crippen molar-refractivity contribution < 1.29 is 9.18 Å². The number of nitrogens with one attached hydrogen (secondary N) is 1.